The number of hydrogen-bond acceptors (Lipinski definition) is 4. The molecule has 3 saturated heterocycles. The Morgan fingerprint density at radius 2 is 1.50 bits per heavy atom. The van der Waals surface area contributed by atoms with Crippen LogP contribution in [-0.4, -0.2) is 74.5 Å². The average molecular weight is 254 g/mol. The number of rotatable bonds is 2. The molecular weight excluding hydrogens is 228 g/mol. The molecule has 4 nitrogen and oxygen atoms in total. The maximum Gasteiger partial charge on any atom is 0.0622 e. The van der Waals surface area contributed by atoms with Gasteiger partial charge >= 0.3 is 0 Å². The van der Waals surface area contributed by atoms with Crippen LogP contribution in [0, 0.1) is 0 Å². The molecule has 3 fully saturated rings. The minimum Gasteiger partial charge on any atom is -0.380 e. The Balaban J connectivity index is 1.51. The summed E-state index contributed by atoms with van der Waals surface area (Å²) >= 11 is 0. The lowest BCUT2D eigenvalue weighted by Crippen LogP contribution is -2.44. The standard InChI is InChI=1S/C14H26N2O2/c1-2-13(16-7-10-17-11-8-16)3-6-15(5-1)14-4-9-18-12-14/h13-14H,1-12H2. The number of ether oxygens (including phenoxy) is 2. The summed E-state index contributed by atoms with van der Waals surface area (Å²) < 4.78 is 11.0. The van der Waals surface area contributed by atoms with Gasteiger partial charge in [-0.1, -0.05) is 0 Å². The molecule has 0 amide bonds. The first-order valence-corrected chi connectivity index (χ1v) is 7.57. The molecule has 2 atom stereocenters. The van der Waals surface area contributed by atoms with Crippen molar-refractivity contribution in [3.63, 3.8) is 0 Å². The van der Waals surface area contributed by atoms with E-state index in [-0.39, 0.29) is 0 Å². The molecule has 18 heavy (non-hydrogen) atoms. The topological polar surface area (TPSA) is 24.9 Å². The van der Waals surface area contributed by atoms with Crippen molar-refractivity contribution in [1.29, 1.82) is 0 Å². The molecule has 3 aliphatic heterocycles. The number of morpholine rings is 1. The first kappa shape index (κ1) is 12.9. The SMILES string of the molecule is C1CC(N2CCOCC2)CCN(C2CCOC2)C1. The van der Waals surface area contributed by atoms with Crippen molar-refractivity contribution in [3.8, 4) is 0 Å². The van der Waals surface area contributed by atoms with Gasteiger partial charge in [0.1, 0.15) is 0 Å². The van der Waals surface area contributed by atoms with E-state index in [0.717, 1.165) is 45.6 Å². The van der Waals surface area contributed by atoms with E-state index in [4.69, 9.17) is 9.47 Å². The molecule has 0 aliphatic carbocycles. The molecule has 3 heterocycles. The van der Waals surface area contributed by atoms with Gasteiger partial charge in [-0.25, -0.2) is 0 Å². The predicted octanol–water partition coefficient (Wildman–Crippen LogP) is 0.962. The fourth-order valence-electron chi connectivity index (χ4n) is 3.58. The van der Waals surface area contributed by atoms with Crippen LogP contribution in [0.5, 0.6) is 0 Å². The highest BCUT2D eigenvalue weighted by Gasteiger charge is 2.28. The van der Waals surface area contributed by atoms with Gasteiger partial charge < -0.3 is 9.47 Å². The van der Waals surface area contributed by atoms with Gasteiger partial charge in [-0.3, -0.25) is 9.80 Å². The second-order valence-corrected chi connectivity index (χ2v) is 5.79. The number of likely N-dealkylation sites (tertiary alicyclic amines) is 1. The summed E-state index contributed by atoms with van der Waals surface area (Å²) in [5, 5.41) is 0. The molecular formula is C14H26N2O2. The summed E-state index contributed by atoms with van der Waals surface area (Å²) in [4.78, 5) is 5.32. The molecule has 0 N–H and O–H groups in total. The maximum atomic E-state index is 5.53. The Kier molecular flexibility index (Phi) is 4.52. The Morgan fingerprint density at radius 1 is 0.667 bits per heavy atom. The maximum absolute atomic E-state index is 5.53. The summed E-state index contributed by atoms with van der Waals surface area (Å²) in [5.41, 5.74) is 0. The highest BCUT2D eigenvalue weighted by atomic mass is 16.5. The molecule has 4 heteroatoms. The predicted molar refractivity (Wildman–Crippen MR) is 70.8 cm³/mol. The van der Waals surface area contributed by atoms with E-state index in [1.165, 1.54) is 38.8 Å². The van der Waals surface area contributed by atoms with E-state index in [9.17, 15) is 0 Å². The van der Waals surface area contributed by atoms with E-state index in [1.807, 2.05) is 0 Å². The second kappa shape index (κ2) is 6.33. The molecule has 3 aliphatic rings. The molecule has 3 rings (SSSR count). The second-order valence-electron chi connectivity index (χ2n) is 5.79. The van der Waals surface area contributed by atoms with Crippen molar-refractivity contribution in [2.45, 2.75) is 37.8 Å². The highest BCUT2D eigenvalue weighted by molar-refractivity contribution is 4.83. The quantitative estimate of drug-likeness (QED) is 0.733. The van der Waals surface area contributed by atoms with Crippen molar-refractivity contribution in [1.82, 2.24) is 9.80 Å². The summed E-state index contributed by atoms with van der Waals surface area (Å²) in [6.07, 6.45) is 5.28. The highest BCUT2D eigenvalue weighted by Crippen LogP contribution is 2.21. The number of hydrogen-bond donors (Lipinski definition) is 0. The number of nitrogens with zero attached hydrogens (tertiary/aromatic N) is 2. The summed E-state index contributed by atoms with van der Waals surface area (Å²) in [5.74, 6) is 0. The molecule has 0 radical (unpaired) electrons. The van der Waals surface area contributed by atoms with Crippen LogP contribution in [0.2, 0.25) is 0 Å². The lowest BCUT2D eigenvalue weighted by molar-refractivity contribution is 0.0132. The molecule has 0 aromatic rings. The van der Waals surface area contributed by atoms with Crippen molar-refractivity contribution >= 4 is 0 Å². The van der Waals surface area contributed by atoms with Crippen molar-refractivity contribution < 1.29 is 9.47 Å². The van der Waals surface area contributed by atoms with Crippen LogP contribution in [0.3, 0.4) is 0 Å². The third kappa shape index (κ3) is 3.05. The van der Waals surface area contributed by atoms with Gasteiger partial charge in [-0.15, -0.1) is 0 Å². The summed E-state index contributed by atoms with van der Waals surface area (Å²) in [6, 6.07) is 1.50. The van der Waals surface area contributed by atoms with E-state index in [2.05, 4.69) is 9.80 Å². The van der Waals surface area contributed by atoms with E-state index in [1.54, 1.807) is 0 Å². The molecule has 0 aromatic heterocycles. The molecule has 0 aromatic carbocycles. The zero-order chi connectivity index (χ0) is 12.2. The first-order chi connectivity index (χ1) is 8.93. The third-order valence-electron chi connectivity index (χ3n) is 4.72. The van der Waals surface area contributed by atoms with Gasteiger partial charge in [0, 0.05) is 38.3 Å². The Morgan fingerprint density at radius 3 is 2.28 bits per heavy atom. The smallest absolute Gasteiger partial charge is 0.0622 e. The minimum absolute atomic E-state index is 0.702. The van der Waals surface area contributed by atoms with Crippen molar-refractivity contribution in [3.05, 3.63) is 0 Å². The van der Waals surface area contributed by atoms with Crippen LogP contribution in [0.15, 0.2) is 0 Å². The van der Waals surface area contributed by atoms with Gasteiger partial charge in [-0.05, 0) is 32.2 Å². The van der Waals surface area contributed by atoms with Crippen LogP contribution in [0.4, 0.5) is 0 Å². The zero-order valence-corrected chi connectivity index (χ0v) is 11.4. The summed E-state index contributed by atoms with van der Waals surface area (Å²) in [7, 11) is 0. The zero-order valence-electron chi connectivity index (χ0n) is 11.4. The molecule has 0 bridgehead atoms. The van der Waals surface area contributed by atoms with Crippen molar-refractivity contribution in [2.75, 3.05) is 52.6 Å². The molecule has 0 spiro atoms. The van der Waals surface area contributed by atoms with Gasteiger partial charge in [0.25, 0.3) is 0 Å². The largest absolute Gasteiger partial charge is 0.380 e. The Bertz CT molecular complexity index is 250. The van der Waals surface area contributed by atoms with Gasteiger partial charge in [0.15, 0.2) is 0 Å². The molecule has 0 saturated carbocycles. The van der Waals surface area contributed by atoms with Crippen LogP contribution < -0.4 is 0 Å². The fraction of sp³-hybridized carbons (Fsp3) is 1.00. The van der Waals surface area contributed by atoms with Crippen LogP contribution >= 0.6 is 0 Å². The minimum atomic E-state index is 0.702. The van der Waals surface area contributed by atoms with Crippen molar-refractivity contribution in [2.24, 2.45) is 0 Å². The van der Waals surface area contributed by atoms with Gasteiger partial charge in [0.05, 0.1) is 19.8 Å². The third-order valence-corrected chi connectivity index (χ3v) is 4.72. The lowest BCUT2D eigenvalue weighted by Gasteiger charge is -2.34. The van der Waals surface area contributed by atoms with Gasteiger partial charge in [0.2, 0.25) is 0 Å². The molecule has 104 valence electrons. The monoisotopic (exact) mass is 254 g/mol. The van der Waals surface area contributed by atoms with Crippen LogP contribution in [0.1, 0.15) is 25.7 Å². The Labute approximate surface area is 110 Å². The van der Waals surface area contributed by atoms with Crippen LogP contribution in [-0.2, 0) is 9.47 Å². The normalized spacial score (nSPS) is 36.7. The van der Waals surface area contributed by atoms with E-state index in [0.29, 0.717) is 6.04 Å². The molecule has 2 unspecified atom stereocenters. The average Bonchev–Trinajstić information content (AvgIpc) is 2.84. The first-order valence-electron chi connectivity index (χ1n) is 7.57. The fourth-order valence-corrected chi connectivity index (χ4v) is 3.58. The van der Waals surface area contributed by atoms with Gasteiger partial charge in [-0.2, -0.15) is 0 Å². The van der Waals surface area contributed by atoms with E-state index < -0.39 is 0 Å². The summed E-state index contributed by atoms with van der Waals surface area (Å²) in [6.45, 7) is 8.59. The van der Waals surface area contributed by atoms with E-state index >= 15 is 0 Å². The van der Waals surface area contributed by atoms with Crippen LogP contribution in [0.25, 0.3) is 0 Å². The Hall–Kier alpha value is -0.160. The lowest BCUT2D eigenvalue weighted by atomic mass is 10.1.